The molecule has 0 atom stereocenters. The van der Waals surface area contributed by atoms with Crippen LogP contribution in [0, 0.1) is 25.2 Å². The predicted molar refractivity (Wildman–Crippen MR) is 124 cm³/mol. The molecule has 0 saturated heterocycles. The summed E-state index contributed by atoms with van der Waals surface area (Å²) >= 11 is 0. The van der Waals surface area contributed by atoms with Crippen LogP contribution < -0.4 is 26.1 Å². The van der Waals surface area contributed by atoms with Gasteiger partial charge in [0.2, 0.25) is 0 Å². The minimum atomic E-state index is -0.598. The van der Waals surface area contributed by atoms with Crippen molar-refractivity contribution in [2.75, 3.05) is 7.11 Å². The first kappa shape index (κ1) is 23.4. The van der Waals surface area contributed by atoms with Gasteiger partial charge in [0, 0.05) is 12.2 Å². The molecule has 0 aliphatic carbocycles. The Balaban J connectivity index is 1.82. The molecule has 0 saturated carbocycles. The molecule has 0 spiro atoms. The van der Waals surface area contributed by atoms with Crippen LogP contribution in [0.5, 0.6) is 11.5 Å². The number of carbonyl (C=O) groups is 1. The standard InChI is InChI=1S/C25H26N4O4/c1-16-10-23(33-15-20-7-5-4-6-19(20)13-28-25(27)31)17(2)24(30)29(16)14-18-8-9-22(32-3)21(11-18)12-26/h4-11H,13-15H2,1-3H3,(H3,27,28,31). The van der Waals surface area contributed by atoms with Gasteiger partial charge in [-0.1, -0.05) is 30.3 Å². The highest BCUT2D eigenvalue weighted by Gasteiger charge is 2.13. The number of aryl methyl sites for hydroxylation is 1. The Morgan fingerprint density at radius 3 is 2.52 bits per heavy atom. The quantitative estimate of drug-likeness (QED) is 0.551. The van der Waals surface area contributed by atoms with Crippen molar-refractivity contribution in [2.24, 2.45) is 5.73 Å². The molecule has 8 heteroatoms. The lowest BCUT2D eigenvalue weighted by atomic mass is 10.1. The minimum Gasteiger partial charge on any atom is -0.495 e. The molecular weight excluding hydrogens is 420 g/mol. The van der Waals surface area contributed by atoms with Crippen molar-refractivity contribution in [1.29, 1.82) is 5.26 Å². The fourth-order valence-electron chi connectivity index (χ4n) is 3.52. The van der Waals surface area contributed by atoms with E-state index in [1.165, 1.54) is 7.11 Å². The summed E-state index contributed by atoms with van der Waals surface area (Å²) in [4.78, 5) is 24.1. The zero-order valence-electron chi connectivity index (χ0n) is 18.8. The SMILES string of the molecule is COc1ccc(Cn2c(C)cc(OCc3ccccc3CNC(N)=O)c(C)c2=O)cc1C#N. The molecule has 33 heavy (non-hydrogen) atoms. The van der Waals surface area contributed by atoms with E-state index in [1.54, 1.807) is 23.6 Å². The molecule has 0 radical (unpaired) electrons. The summed E-state index contributed by atoms with van der Waals surface area (Å²) in [5.41, 5.74) is 9.23. The van der Waals surface area contributed by atoms with Gasteiger partial charge in [-0.05, 0) is 48.7 Å². The molecule has 0 unspecified atom stereocenters. The molecule has 3 N–H and O–H groups in total. The average molecular weight is 447 g/mol. The maximum absolute atomic E-state index is 13.1. The van der Waals surface area contributed by atoms with E-state index in [9.17, 15) is 14.9 Å². The van der Waals surface area contributed by atoms with Crippen molar-refractivity contribution in [2.45, 2.75) is 33.5 Å². The Bertz CT molecular complexity index is 1270. The minimum absolute atomic E-state index is 0.164. The number of pyridine rings is 1. The first-order chi connectivity index (χ1) is 15.8. The summed E-state index contributed by atoms with van der Waals surface area (Å²) in [5, 5.41) is 11.9. The van der Waals surface area contributed by atoms with Crippen molar-refractivity contribution in [3.63, 3.8) is 0 Å². The number of hydrogen-bond donors (Lipinski definition) is 2. The van der Waals surface area contributed by atoms with Gasteiger partial charge in [-0.2, -0.15) is 5.26 Å². The highest BCUT2D eigenvalue weighted by molar-refractivity contribution is 5.71. The second kappa shape index (κ2) is 10.4. The van der Waals surface area contributed by atoms with Crippen LogP contribution in [0.4, 0.5) is 4.79 Å². The van der Waals surface area contributed by atoms with Crippen LogP contribution in [-0.4, -0.2) is 17.7 Å². The van der Waals surface area contributed by atoms with E-state index in [4.69, 9.17) is 15.2 Å². The fraction of sp³-hybridized carbons (Fsp3) is 0.240. The summed E-state index contributed by atoms with van der Waals surface area (Å²) in [6.45, 7) is 4.42. The smallest absolute Gasteiger partial charge is 0.312 e. The number of ether oxygens (including phenoxy) is 2. The second-order valence-electron chi connectivity index (χ2n) is 7.59. The number of methoxy groups -OCH3 is 1. The Hall–Kier alpha value is -4.25. The molecule has 1 aromatic heterocycles. The number of primary amides is 1. The third kappa shape index (κ3) is 5.52. The van der Waals surface area contributed by atoms with Gasteiger partial charge in [0.1, 0.15) is 24.2 Å². The highest BCUT2D eigenvalue weighted by atomic mass is 16.5. The van der Waals surface area contributed by atoms with Crippen molar-refractivity contribution in [3.05, 3.63) is 92.4 Å². The normalized spacial score (nSPS) is 10.4. The van der Waals surface area contributed by atoms with Crippen molar-refractivity contribution in [3.8, 4) is 17.6 Å². The molecule has 0 aliphatic rings. The number of hydrogen-bond acceptors (Lipinski definition) is 5. The van der Waals surface area contributed by atoms with Crippen LogP contribution in [0.3, 0.4) is 0 Å². The van der Waals surface area contributed by atoms with Gasteiger partial charge in [-0.15, -0.1) is 0 Å². The number of aromatic nitrogens is 1. The van der Waals surface area contributed by atoms with E-state index in [1.807, 2.05) is 43.3 Å². The van der Waals surface area contributed by atoms with E-state index in [0.29, 0.717) is 35.7 Å². The van der Waals surface area contributed by atoms with Crippen LogP contribution in [0.1, 0.15) is 33.5 Å². The number of nitrogens with one attached hydrogen (secondary N) is 1. The second-order valence-corrected chi connectivity index (χ2v) is 7.59. The van der Waals surface area contributed by atoms with E-state index in [-0.39, 0.29) is 12.2 Å². The largest absolute Gasteiger partial charge is 0.495 e. The number of nitriles is 1. The molecule has 2 amide bonds. The van der Waals surface area contributed by atoms with E-state index in [0.717, 1.165) is 22.4 Å². The first-order valence-electron chi connectivity index (χ1n) is 10.3. The molecular formula is C25H26N4O4. The van der Waals surface area contributed by atoms with Crippen molar-refractivity contribution in [1.82, 2.24) is 9.88 Å². The maximum Gasteiger partial charge on any atom is 0.312 e. The number of urea groups is 1. The van der Waals surface area contributed by atoms with Crippen LogP contribution in [-0.2, 0) is 19.7 Å². The van der Waals surface area contributed by atoms with Gasteiger partial charge < -0.3 is 25.1 Å². The topological polar surface area (TPSA) is 119 Å². The molecule has 0 fully saturated rings. The Morgan fingerprint density at radius 1 is 1.12 bits per heavy atom. The summed E-state index contributed by atoms with van der Waals surface area (Å²) < 4.78 is 12.8. The lowest BCUT2D eigenvalue weighted by molar-refractivity contribution is 0.248. The predicted octanol–water partition coefficient (Wildman–Crippen LogP) is 3.14. The van der Waals surface area contributed by atoms with Crippen LogP contribution >= 0.6 is 0 Å². The van der Waals surface area contributed by atoms with Gasteiger partial charge in [0.15, 0.2) is 0 Å². The van der Waals surface area contributed by atoms with Crippen LogP contribution in [0.25, 0.3) is 0 Å². The summed E-state index contributed by atoms with van der Waals surface area (Å²) in [6, 6.07) is 16.2. The summed E-state index contributed by atoms with van der Waals surface area (Å²) in [7, 11) is 1.51. The lowest BCUT2D eigenvalue weighted by Crippen LogP contribution is -2.29. The zero-order valence-corrected chi connectivity index (χ0v) is 18.8. The summed E-state index contributed by atoms with van der Waals surface area (Å²) in [5.74, 6) is 0.996. The molecule has 0 aliphatic heterocycles. The molecule has 0 bridgehead atoms. The number of amides is 2. The molecule has 170 valence electrons. The Kier molecular flexibility index (Phi) is 7.36. The lowest BCUT2D eigenvalue weighted by Gasteiger charge is -2.17. The van der Waals surface area contributed by atoms with E-state index in [2.05, 4.69) is 11.4 Å². The molecule has 1 heterocycles. The number of nitrogens with zero attached hydrogens (tertiary/aromatic N) is 2. The number of carbonyl (C=O) groups excluding carboxylic acids is 1. The first-order valence-corrected chi connectivity index (χ1v) is 10.3. The molecule has 2 aromatic carbocycles. The molecule has 3 aromatic rings. The maximum atomic E-state index is 13.1. The Morgan fingerprint density at radius 2 is 1.85 bits per heavy atom. The number of nitrogens with two attached hydrogens (primary N) is 1. The van der Waals surface area contributed by atoms with E-state index >= 15 is 0 Å². The van der Waals surface area contributed by atoms with Gasteiger partial charge in [0.25, 0.3) is 5.56 Å². The third-order valence-corrected chi connectivity index (χ3v) is 5.38. The monoisotopic (exact) mass is 446 g/mol. The van der Waals surface area contributed by atoms with Crippen molar-refractivity contribution >= 4 is 6.03 Å². The van der Waals surface area contributed by atoms with Gasteiger partial charge in [-0.25, -0.2) is 4.79 Å². The fourth-order valence-corrected chi connectivity index (χ4v) is 3.52. The van der Waals surface area contributed by atoms with Crippen LogP contribution in [0.2, 0.25) is 0 Å². The zero-order chi connectivity index (χ0) is 24.0. The van der Waals surface area contributed by atoms with Crippen molar-refractivity contribution < 1.29 is 14.3 Å². The third-order valence-electron chi connectivity index (χ3n) is 5.38. The summed E-state index contributed by atoms with van der Waals surface area (Å²) in [6.07, 6.45) is 0. The Labute approximate surface area is 192 Å². The molecule has 8 nitrogen and oxygen atoms in total. The highest BCUT2D eigenvalue weighted by Crippen LogP contribution is 2.22. The van der Waals surface area contributed by atoms with Gasteiger partial charge in [-0.3, -0.25) is 4.79 Å². The average Bonchev–Trinajstić information content (AvgIpc) is 2.82. The van der Waals surface area contributed by atoms with E-state index < -0.39 is 6.03 Å². The van der Waals surface area contributed by atoms with Gasteiger partial charge in [0.05, 0.1) is 24.8 Å². The number of rotatable bonds is 8. The van der Waals surface area contributed by atoms with Crippen LogP contribution in [0.15, 0.2) is 53.3 Å². The van der Waals surface area contributed by atoms with Gasteiger partial charge >= 0.3 is 6.03 Å². The number of benzene rings is 2. The molecule has 3 rings (SSSR count).